The maximum absolute atomic E-state index is 10.6. The smallest absolute Gasteiger partial charge is 0.215 e. The van der Waals surface area contributed by atoms with Gasteiger partial charge in [0.05, 0.1) is 17.6 Å². The summed E-state index contributed by atoms with van der Waals surface area (Å²) in [7, 11) is 0. The molecule has 4 nitrogen and oxygen atoms in total. The lowest BCUT2D eigenvalue weighted by Gasteiger charge is -2.07. The number of carbonyl (C=O) groups excluding carboxylic acids is 1. The molecule has 0 saturated heterocycles. The third-order valence-corrected chi connectivity index (χ3v) is 2.68. The zero-order valence-corrected chi connectivity index (χ0v) is 7.54. The van der Waals surface area contributed by atoms with Gasteiger partial charge in [0.25, 0.3) is 0 Å². The first kappa shape index (κ1) is 7.67. The highest BCUT2D eigenvalue weighted by Gasteiger charge is 2.22. The van der Waals surface area contributed by atoms with Gasteiger partial charge in [-0.15, -0.1) is 11.8 Å². The Labute approximate surface area is 74.5 Å². The number of fused-ring (bicyclic) bond motifs is 1. The number of amides is 1. The fourth-order valence-electron chi connectivity index (χ4n) is 1.37. The molecule has 0 atom stereocenters. The van der Waals surface area contributed by atoms with E-state index in [1.54, 1.807) is 22.9 Å². The fraction of sp³-hybridized carbons (Fsp3) is 0.429. The monoisotopic (exact) mass is 183 g/mol. The van der Waals surface area contributed by atoms with Gasteiger partial charge in [0.1, 0.15) is 5.82 Å². The first-order valence-electron chi connectivity index (χ1n) is 3.68. The maximum Gasteiger partial charge on any atom is 0.215 e. The minimum absolute atomic E-state index is 0.750. The molecule has 1 aromatic rings. The lowest BCUT2D eigenvalue weighted by Crippen LogP contribution is -2.17. The van der Waals surface area contributed by atoms with E-state index >= 15 is 0 Å². The molecule has 1 aromatic heterocycles. The third kappa shape index (κ3) is 0.929. The number of aromatic nitrogens is 2. The molecule has 0 spiro atoms. The first-order chi connectivity index (χ1) is 5.86. The molecule has 0 bridgehead atoms. The summed E-state index contributed by atoms with van der Waals surface area (Å²) in [6.45, 7) is 1.56. The Bertz CT molecular complexity index is 310. The van der Waals surface area contributed by atoms with E-state index in [4.69, 9.17) is 0 Å². The Balaban J connectivity index is 2.45. The average molecular weight is 183 g/mol. The Morgan fingerprint density at radius 2 is 2.50 bits per heavy atom. The number of thioether (sulfide) groups is 1. The lowest BCUT2D eigenvalue weighted by molar-refractivity contribution is -0.107. The van der Waals surface area contributed by atoms with Crippen molar-refractivity contribution in [3.05, 3.63) is 6.20 Å². The normalized spacial score (nSPS) is 14.9. The molecular weight excluding hydrogens is 174 g/mol. The summed E-state index contributed by atoms with van der Waals surface area (Å²) in [6.07, 6.45) is 4.65. The van der Waals surface area contributed by atoms with Gasteiger partial charge in [0.15, 0.2) is 0 Å². The molecular formula is C7H9N3OS. The van der Waals surface area contributed by atoms with Gasteiger partial charge < -0.3 is 0 Å². The van der Waals surface area contributed by atoms with Crippen LogP contribution in [0.3, 0.4) is 0 Å². The lowest BCUT2D eigenvalue weighted by atomic mass is 10.6. The van der Waals surface area contributed by atoms with Crippen LogP contribution in [-0.2, 0) is 11.3 Å². The van der Waals surface area contributed by atoms with Crippen LogP contribution in [0, 0.1) is 0 Å². The van der Waals surface area contributed by atoms with Crippen molar-refractivity contribution in [2.45, 2.75) is 11.4 Å². The molecule has 1 aliphatic rings. The molecule has 2 rings (SSSR count). The van der Waals surface area contributed by atoms with E-state index in [0.717, 1.165) is 30.2 Å². The van der Waals surface area contributed by atoms with Crippen LogP contribution in [0.15, 0.2) is 11.1 Å². The van der Waals surface area contributed by atoms with Crippen molar-refractivity contribution in [1.29, 1.82) is 0 Å². The molecule has 0 N–H and O–H groups in total. The van der Waals surface area contributed by atoms with Gasteiger partial charge in [0, 0.05) is 6.54 Å². The second kappa shape index (κ2) is 2.82. The van der Waals surface area contributed by atoms with Crippen LogP contribution in [0.1, 0.15) is 0 Å². The Hall–Kier alpha value is -0.970. The van der Waals surface area contributed by atoms with E-state index in [-0.39, 0.29) is 0 Å². The standard InChI is InChI=1S/C7H9N3OS/c1-12-6-4-8-10-3-2-9(5-11)7(6)10/h4-5H,2-3H2,1H3. The number of hydrogen-bond acceptors (Lipinski definition) is 3. The molecule has 1 amide bonds. The van der Waals surface area contributed by atoms with E-state index < -0.39 is 0 Å². The number of rotatable bonds is 2. The van der Waals surface area contributed by atoms with E-state index in [2.05, 4.69) is 5.10 Å². The summed E-state index contributed by atoms with van der Waals surface area (Å²) >= 11 is 1.62. The highest BCUT2D eigenvalue weighted by molar-refractivity contribution is 7.98. The van der Waals surface area contributed by atoms with Gasteiger partial charge in [0.2, 0.25) is 6.41 Å². The van der Waals surface area contributed by atoms with Crippen molar-refractivity contribution in [3.63, 3.8) is 0 Å². The second-order valence-corrected chi connectivity index (χ2v) is 3.41. The molecule has 1 aliphatic heterocycles. The Kier molecular flexibility index (Phi) is 1.80. The number of nitrogens with zero attached hydrogens (tertiary/aromatic N) is 3. The fourth-order valence-corrected chi connectivity index (χ4v) is 1.93. The maximum atomic E-state index is 10.6. The summed E-state index contributed by atoms with van der Waals surface area (Å²) in [5, 5.41) is 4.16. The highest BCUT2D eigenvalue weighted by atomic mass is 32.2. The van der Waals surface area contributed by atoms with Gasteiger partial charge in [-0.2, -0.15) is 5.10 Å². The van der Waals surface area contributed by atoms with Gasteiger partial charge in [-0.25, -0.2) is 4.68 Å². The predicted molar refractivity (Wildman–Crippen MR) is 47.4 cm³/mol. The van der Waals surface area contributed by atoms with Crippen LogP contribution >= 0.6 is 11.8 Å². The molecule has 0 fully saturated rings. The predicted octanol–water partition coefficient (Wildman–Crippen LogP) is 0.581. The zero-order chi connectivity index (χ0) is 8.55. The summed E-state index contributed by atoms with van der Waals surface area (Å²) in [4.78, 5) is 13.4. The van der Waals surface area contributed by atoms with E-state index in [9.17, 15) is 4.79 Å². The molecule has 0 radical (unpaired) electrons. The molecule has 64 valence electrons. The van der Waals surface area contributed by atoms with Gasteiger partial charge >= 0.3 is 0 Å². The largest absolute Gasteiger partial charge is 0.297 e. The Morgan fingerprint density at radius 1 is 1.67 bits per heavy atom. The van der Waals surface area contributed by atoms with Crippen LogP contribution in [0.4, 0.5) is 5.82 Å². The minimum atomic E-state index is 0.750. The van der Waals surface area contributed by atoms with Crippen LogP contribution in [0.25, 0.3) is 0 Å². The molecule has 0 unspecified atom stereocenters. The molecule has 2 heterocycles. The average Bonchev–Trinajstić information content (AvgIpc) is 2.62. The molecule has 5 heteroatoms. The van der Waals surface area contributed by atoms with Crippen LogP contribution in [-0.4, -0.2) is 29.0 Å². The van der Waals surface area contributed by atoms with Crippen LogP contribution in [0.5, 0.6) is 0 Å². The topological polar surface area (TPSA) is 38.1 Å². The van der Waals surface area contributed by atoms with Crippen molar-refractivity contribution in [3.8, 4) is 0 Å². The third-order valence-electron chi connectivity index (χ3n) is 1.95. The minimum Gasteiger partial charge on any atom is -0.297 e. The molecule has 0 aromatic carbocycles. The highest BCUT2D eigenvalue weighted by Crippen LogP contribution is 2.30. The summed E-state index contributed by atoms with van der Waals surface area (Å²) in [5.74, 6) is 0.942. The molecule has 0 saturated carbocycles. The van der Waals surface area contributed by atoms with E-state index in [0.29, 0.717) is 0 Å². The number of anilines is 1. The summed E-state index contributed by atoms with van der Waals surface area (Å²) in [5.41, 5.74) is 0. The van der Waals surface area contributed by atoms with E-state index in [1.165, 1.54) is 0 Å². The van der Waals surface area contributed by atoms with Crippen molar-refractivity contribution >= 4 is 24.0 Å². The van der Waals surface area contributed by atoms with Crippen molar-refractivity contribution < 1.29 is 4.79 Å². The molecule has 12 heavy (non-hydrogen) atoms. The SMILES string of the molecule is CSc1cnn2c1N(C=O)CC2. The summed E-state index contributed by atoms with van der Waals surface area (Å²) in [6, 6.07) is 0. The zero-order valence-electron chi connectivity index (χ0n) is 6.73. The van der Waals surface area contributed by atoms with Gasteiger partial charge in [-0.1, -0.05) is 0 Å². The van der Waals surface area contributed by atoms with E-state index in [1.807, 2.05) is 10.9 Å². The molecule has 0 aliphatic carbocycles. The van der Waals surface area contributed by atoms with Crippen molar-refractivity contribution in [2.24, 2.45) is 0 Å². The van der Waals surface area contributed by atoms with Crippen molar-refractivity contribution in [1.82, 2.24) is 9.78 Å². The van der Waals surface area contributed by atoms with Gasteiger partial charge in [-0.3, -0.25) is 9.69 Å². The summed E-state index contributed by atoms with van der Waals surface area (Å²) < 4.78 is 1.86. The number of hydrogen-bond donors (Lipinski definition) is 0. The second-order valence-electron chi connectivity index (χ2n) is 2.56. The van der Waals surface area contributed by atoms with Crippen LogP contribution < -0.4 is 4.90 Å². The Morgan fingerprint density at radius 3 is 3.17 bits per heavy atom. The first-order valence-corrected chi connectivity index (χ1v) is 4.91. The van der Waals surface area contributed by atoms with Crippen molar-refractivity contribution in [2.75, 3.05) is 17.7 Å². The number of carbonyl (C=O) groups is 1. The quantitative estimate of drug-likeness (QED) is 0.497. The van der Waals surface area contributed by atoms with Crippen LogP contribution in [0.2, 0.25) is 0 Å². The van der Waals surface area contributed by atoms with Gasteiger partial charge in [-0.05, 0) is 6.26 Å².